The van der Waals surface area contributed by atoms with E-state index in [1.807, 2.05) is 18.2 Å². The van der Waals surface area contributed by atoms with Crippen molar-refractivity contribution in [3.05, 3.63) is 36.0 Å². The summed E-state index contributed by atoms with van der Waals surface area (Å²) in [6.45, 7) is 2.02. The van der Waals surface area contributed by atoms with Gasteiger partial charge in [-0.05, 0) is 24.2 Å². The Balaban J connectivity index is 0. The van der Waals surface area contributed by atoms with E-state index in [9.17, 15) is 31.1 Å². The molecule has 1 aromatic heterocycles. The monoisotopic (exact) mass is 432 g/mol. The second-order valence-electron chi connectivity index (χ2n) is 3.98. The van der Waals surface area contributed by atoms with Crippen molar-refractivity contribution in [3.63, 3.8) is 0 Å². The summed E-state index contributed by atoms with van der Waals surface area (Å²) in [7, 11) is 0. The van der Waals surface area contributed by atoms with Gasteiger partial charge in [0, 0.05) is 0 Å². The molecule has 0 bridgehead atoms. The molecule has 0 atom stereocenters. The molecule has 0 saturated carbocycles. The fourth-order valence-electron chi connectivity index (χ4n) is 1.37. The largest absolute Gasteiger partial charge is 3.00 e. The molecule has 0 saturated heterocycles. The number of alkyl halides is 6. The maximum absolute atomic E-state index is 11.1. The summed E-state index contributed by atoms with van der Waals surface area (Å²) in [4.78, 5) is 31.6. The Labute approximate surface area is 162 Å². The zero-order valence-electron chi connectivity index (χ0n) is 13.1. The second kappa shape index (κ2) is 12.1. The van der Waals surface area contributed by atoms with Crippen LogP contribution in [0.3, 0.4) is 0 Å². The fourth-order valence-corrected chi connectivity index (χ4v) is 1.37. The molecule has 13 heteroatoms. The quantitative estimate of drug-likeness (QED) is 0.348. The predicted molar refractivity (Wildman–Crippen MR) is 72.8 cm³/mol. The SMILES string of the molecule is CC(=O)c1c[nH]c2ccc[c-]c12.O=[C-]OC(F)(F)F.O=[C-]OC(F)(F)F.[Ti+3]. The first-order chi connectivity index (χ1) is 11.9. The molecule has 2 aromatic rings. The van der Waals surface area contributed by atoms with E-state index in [1.54, 1.807) is 13.1 Å². The van der Waals surface area contributed by atoms with Crippen molar-refractivity contribution in [1.29, 1.82) is 0 Å². The number of fused-ring (bicyclic) bond motifs is 1. The molecule has 145 valence electrons. The average Bonchev–Trinajstić information content (AvgIpc) is 2.90. The number of ether oxygens (including phenoxy) is 2. The average molecular weight is 432 g/mol. The van der Waals surface area contributed by atoms with Gasteiger partial charge in [0.15, 0.2) is 0 Å². The molecule has 6 nitrogen and oxygen atoms in total. The number of hydrogen-bond acceptors (Lipinski definition) is 5. The third-order valence-corrected chi connectivity index (χ3v) is 2.19. The minimum atomic E-state index is -4.87. The van der Waals surface area contributed by atoms with Crippen LogP contribution in [-0.2, 0) is 40.8 Å². The Hall–Kier alpha value is -2.34. The summed E-state index contributed by atoms with van der Waals surface area (Å²) in [6, 6.07) is 8.66. The van der Waals surface area contributed by atoms with E-state index in [0.29, 0.717) is 5.56 Å². The van der Waals surface area contributed by atoms with Gasteiger partial charge < -0.3 is 28.8 Å². The third-order valence-electron chi connectivity index (χ3n) is 2.19. The van der Waals surface area contributed by atoms with Crippen LogP contribution in [0.5, 0.6) is 0 Å². The minimum Gasteiger partial charge on any atom is -0.576 e. The molecule has 0 spiro atoms. The number of hydrogen-bond donors (Lipinski definition) is 1. The normalized spacial score (nSPS) is 10.2. The molecule has 2 rings (SSSR count). The topological polar surface area (TPSA) is 85.5 Å². The molecular weight excluding hydrogens is 424 g/mol. The van der Waals surface area contributed by atoms with Gasteiger partial charge in [0.2, 0.25) is 0 Å². The number of halogens is 6. The molecule has 0 amide bonds. The second-order valence-corrected chi connectivity index (χ2v) is 3.98. The van der Waals surface area contributed by atoms with Crippen molar-refractivity contribution in [2.24, 2.45) is 0 Å². The number of carbonyl (C=O) groups excluding carboxylic acids is 3. The standard InChI is InChI=1S/C10H8NO.2C2F3O2.Ti/c1-7(12)9-6-11-10-5-3-2-4-8(9)10;2*3-2(4,5)7-1-6;/h2-3,5-6,11H,1H3;;;/q3*-1;+3. The fraction of sp³-hybridized carbons (Fsp3) is 0.214. The first-order valence-corrected chi connectivity index (χ1v) is 6.13. The van der Waals surface area contributed by atoms with Crippen LogP contribution in [0.15, 0.2) is 24.4 Å². The molecule has 27 heavy (non-hydrogen) atoms. The first kappa shape index (κ1) is 26.9. The van der Waals surface area contributed by atoms with Crippen LogP contribution < -0.4 is 0 Å². The molecule has 1 N–H and O–H groups in total. The molecule has 0 fully saturated rings. The van der Waals surface area contributed by atoms with Gasteiger partial charge in [-0.15, -0.1) is 56.0 Å². The number of ketones is 1. The maximum atomic E-state index is 11.1. The number of benzene rings is 1. The number of rotatable bonds is 3. The van der Waals surface area contributed by atoms with Crippen molar-refractivity contribution in [2.45, 2.75) is 19.6 Å². The third kappa shape index (κ3) is 12.6. The van der Waals surface area contributed by atoms with Crippen molar-refractivity contribution in [2.75, 3.05) is 0 Å². The Morgan fingerprint density at radius 1 is 1.07 bits per heavy atom. The predicted octanol–water partition coefficient (Wildman–Crippen LogP) is 3.35. The van der Waals surface area contributed by atoms with E-state index in [4.69, 9.17) is 9.59 Å². The van der Waals surface area contributed by atoms with Gasteiger partial charge in [0.25, 0.3) is 0 Å². The summed E-state index contributed by atoms with van der Waals surface area (Å²) in [5.74, 6) is 0.0729. The summed E-state index contributed by atoms with van der Waals surface area (Å²) < 4.78 is 68.3. The van der Waals surface area contributed by atoms with Crippen LogP contribution in [0.1, 0.15) is 17.3 Å². The van der Waals surface area contributed by atoms with Gasteiger partial charge in [-0.25, -0.2) is 0 Å². The Kier molecular flexibility index (Phi) is 12.1. The van der Waals surface area contributed by atoms with Crippen molar-refractivity contribution < 1.29 is 71.9 Å². The summed E-state index contributed by atoms with van der Waals surface area (Å²) in [6.07, 6.45) is -8.02. The van der Waals surface area contributed by atoms with E-state index >= 15 is 0 Å². The van der Waals surface area contributed by atoms with Crippen LogP contribution in [-0.4, -0.2) is 36.4 Å². The zero-order chi connectivity index (χ0) is 20.4. The van der Waals surface area contributed by atoms with Crippen molar-refractivity contribution in [3.8, 4) is 0 Å². The van der Waals surface area contributed by atoms with Crippen molar-refractivity contribution >= 4 is 29.6 Å². The Morgan fingerprint density at radius 3 is 1.89 bits per heavy atom. The number of H-pyrrole nitrogens is 1. The van der Waals surface area contributed by atoms with Crippen molar-refractivity contribution in [1.82, 2.24) is 4.98 Å². The van der Waals surface area contributed by atoms with Crippen LogP contribution in [0.2, 0.25) is 0 Å². The van der Waals surface area contributed by atoms with E-state index in [0.717, 1.165) is 10.9 Å². The molecule has 0 aliphatic carbocycles. The summed E-state index contributed by atoms with van der Waals surface area (Å²) in [5.41, 5.74) is 1.67. The number of aromatic amines is 1. The van der Waals surface area contributed by atoms with Crippen LogP contribution in [0.4, 0.5) is 26.3 Å². The number of carbonyl (C=O) groups is 1. The van der Waals surface area contributed by atoms with Gasteiger partial charge >= 0.3 is 34.4 Å². The molecule has 1 aromatic carbocycles. The molecule has 0 unspecified atom stereocenters. The molecular formula is C14H8F6NO5Ti. The van der Waals surface area contributed by atoms with Gasteiger partial charge in [-0.1, -0.05) is 12.9 Å². The maximum Gasteiger partial charge on any atom is 3.00 e. The van der Waals surface area contributed by atoms with Crippen LogP contribution >= 0.6 is 0 Å². The van der Waals surface area contributed by atoms with Gasteiger partial charge in [-0.2, -0.15) is 0 Å². The molecule has 1 radical (unpaired) electrons. The molecule has 0 aliphatic heterocycles. The zero-order valence-corrected chi connectivity index (χ0v) is 14.7. The minimum absolute atomic E-state index is 0. The Bertz CT molecular complexity index is 709. The van der Waals surface area contributed by atoms with Gasteiger partial charge in [0.05, 0.1) is 0 Å². The summed E-state index contributed by atoms with van der Waals surface area (Å²) >= 11 is 0. The Morgan fingerprint density at radius 2 is 1.56 bits per heavy atom. The smallest absolute Gasteiger partial charge is 0.576 e. The number of Topliss-reactive ketones (excluding diaryl/α,β-unsaturated/α-hetero) is 1. The van der Waals surface area contributed by atoms with Gasteiger partial charge in [-0.3, -0.25) is 0 Å². The summed E-state index contributed by atoms with van der Waals surface area (Å²) in [5, 5.41) is 0.880. The van der Waals surface area contributed by atoms with Gasteiger partial charge in [0.1, 0.15) is 5.78 Å². The van der Waals surface area contributed by atoms with E-state index < -0.39 is 12.7 Å². The van der Waals surface area contributed by atoms with E-state index in [2.05, 4.69) is 20.5 Å². The number of aromatic nitrogens is 1. The van der Waals surface area contributed by atoms with E-state index in [1.165, 1.54) is 0 Å². The van der Waals surface area contributed by atoms with Crippen LogP contribution in [0, 0.1) is 6.07 Å². The molecule has 1 heterocycles. The number of nitrogens with one attached hydrogen (secondary N) is 1. The first-order valence-electron chi connectivity index (χ1n) is 6.13. The van der Waals surface area contributed by atoms with E-state index in [-0.39, 0.29) is 40.4 Å². The van der Waals surface area contributed by atoms with Crippen LogP contribution in [0.25, 0.3) is 10.9 Å². The molecule has 0 aliphatic rings.